The maximum Gasteiger partial charge on any atom is 0.00461 e. The van der Waals surface area contributed by atoms with Crippen LogP contribution in [0.4, 0.5) is 0 Å². The fourth-order valence-corrected chi connectivity index (χ4v) is 1.14. The summed E-state index contributed by atoms with van der Waals surface area (Å²) in [5.74, 6) is 0. The van der Waals surface area contributed by atoms with Gasteiger partial charge in [0.05, 0.1) is 0 Å². The Labute approximate surface area is 74.7 Å². The van der Waals surface area contributed by atoms with Crippen molar-refractivity contribution in [1.29, 1.82) is 0 Å². The molecule has 0 saturated heterocycles. The van der Waals surface area contributed by atoms with Crippen LogP contribution in [0.1, 0.15) is 25.7 Å². The van der Waals surface area contributed by atoms with Crippen molar-refractivity contribution in [3.8, 4) is 0 Å². The number of nitrogens with two attached hydrogens (primary N) is 4. The Kier molecular flexibility index (Phi) is 7.39. The normalized spacial score (nSPS) is 29.0. The van der Waals surface area contributed by atoms with Gasteiger partial charge in [-0.1, -0.05) is 0 Å². The van der Waals surface area contributed by atoms with Crippen molar-refractivity contribution >= 4 is 0 Å². The number of rotatable bonds is 1. The van der Waals surface area contributed by atoms with Crippen molar-refractivity contribution in [3.63, 3.8) is 0 Å². The highest BCUT2D eigenvalue weighted by molar-refractivity contribution is 4.75. The van der Waals surface area contributed by atoms with Gasteiger partial charge in [0.15, 0.2) is 0 Å². The van der Waals surface area contributed by atoms with E-state index in [1.807, 2.05) is 0 Å². The molecule has 1 fully saturated rings. The van der Waals surface area contributed by atoms with Crippen LogP contribution in [0.2, 0.25) is 0 Å². The summed E-state index contributed by atoms with van der Waals surface area (Å²) in [5.41, 5.74) is 21.1. The highest BCUT2D eigenvalue weighted by Gasteiger charge is 2.13. The lowest BCUT2D eigenvalue weighted by Crippen LogP contribution is -2.33. The molecular formula is C8H22N4. The molecule has 0 atom stereocenters. The zero-order valence-electron chi connectivity index (χ0n) is 7.71. The first kappa shape index (κ1) is 11.8. The molecule has 0 heterocycles. The van der Waals surface area contributed by atoms with E-state index in [1.165, 1.54) is 0 Å². The maximum absolute atomic E-state index is 5.64. The lowest BCUT2D eigenvalue weighted by molar-refractivity contribution is 0.395. The van der Waals surface area contributed by atoms with E-state index >= 15 is 0 Å². The molecule has 0 aromatic rings. The predicted molar refractivity (Wildman–Crippen MR) is 52.5 cm³/mol. The molecule has 1 saturated carbocycles. The van der Waals surface area contributed by atoms with Crippen LogP contribution in [-0.2, 0) is 0 Å². The summed E-state index contributed by atoms with van der Waals surface area (Å²) in [6.07, 6.45) is 4.50. The summed E-state index contributed by atoms with van der Waals surface area (Å²) in [5, 5.41) is 0. The van der Waals surface area contributed by atoms with E-state index in [0.29, 0.717) is 25.2 Å². The standard InChI is InChI=1S/C6H14N2.C2H8N2/c7-5-1-2-6(8)4-3-5;3-1-2-4/h5-6H,1-4,7-8H2;1-4H2/t5-,6-;. The van der Waals surface area contributed by atoms with E-state index < -0.39 is 0 Å². The molecule has 0 unspecified atom stereocenters. The molecule has 12 heavy (non-hydrogen) atoms. The molecule has 0 spiro atoms. The van der Waals surface area contributed by atoms with Gasteiger partial charge in [0.1, 0.15) is 0 Å². The van der Waals surface area contributed by atoms with Gasteiger partial charge >= 0.3 is 0 Å². The van der Waals surface area contributed by atoms with Gasteiger partial charge in [-0.15, -0.1) is 0 Å². The average Bonchev–Trinajstić information content (AvgIpc) is 2.11. The quantitative estimate of drug-likeness (QED) is 0.414. The van der Waals surface area contributed by atoms with Gasteiger partial charge in [0, 0.05) is 25.2 Å². The molecule has 0 radical (unpaired) electrons. The highest BCUT2D eigenvalue weighted by Crippen LogP contribution is 2.14. The van der Waals surface area contributed by atoms with Crippen LogP contribution >= 0.6 is 0 Å². The van der Waals surface area contributed by atoms with Crippen molar-refractivity contribution in [2.45, 2.75) is 37.8 Å². The van der Waals surface area contributed by atoms with Crippen LogP contribution in [0.5, 0.6) is 0 Å². The Morgan fingerprint density at radius 2 is 1.00 bits per heavy atom. The van der Waals surface area contributed by atoms with E-state index in [-0.39, 0.29) is 0 Å². The minimum Gasteiger partial charge on any atom is -0.329 e. The highest BCUT2D eigenvalue weighted by atomic mass is 14.7. The van der Waals surface area contributed by atoms with Crippen LogP contribution in [0.25, 0.3) is 0 Å². The molecule has 0 bridgehead atoms. The fraction of sp³-hybridized carbons (Fsp3) is 1.00. The molecule has 74 valence electrons. The third-order valence-corrected chi connectivity index (χ3v) is 1.98. The van der Waals surface area contributed by atoms with Gasteiger partial charge in [0.2, 0.25) is 0 Å². The summed E-state index contributed by atoms with van der Waals surface area (Å²) >= 11 is 0. The van der Waals surface area contributed by atoms with Gasteiger partial charge in [-0.3, -0.25) is 0 Å². The van der Waals surface area contributed by atoms with Gasteiger partial charge in [-0.25, -0.2) is 0 Å². The second-order valence-corrected chi connectivity index (χ2v) is 3.25. The molecule has 0 amide bonds. The fourth-order valence-electron chi connectivity index (χ4n) is 1.14. The third kappa shape index (κ3) is 6.54. The second-order valence-electron chi connectivity index (χ2n) is 3.25. The van der Waals surface area contributed by atoms with Crippen LogP contribution in [0.15, 0.2) is 0 Å². The maximum atomic E-state index is 5.64. The smallest absolute Gasteiger partial charge is 0.00461 e. The Bertz CT molecular complexity index is 77.1. The topological polar surface area (TPSA) is 104 Å². The molecule has 4 heteroatoms. The summed E-state index contributed by atoms with van der Waals surface area (Å²) in [4.78, 5) is 0. The van der Waals surface area contributed by atoms with E-state index in [0.717, 1.165) is 25.7 Å². The van der Waals surface area contributed by atoms with Crippen LogP contribution in [0, 0.1) is 0 Å². The van der Waals surface area contributed by atoms with Gasteiger partial charge < -0.3 is 22.9 Å². The van der Waals surface area contributed by atoms with Crippen LogP contribution in [0.3, 0.4) is 0 Å². The first-order valence-electron chi connectivity index (χ1n) is 4.62. The van der Waals surface area contributed by atoms with E-state index in [1.54, 1.807) is 0 Å². The summed E-state index contributed by atoms with van der Waals surface area (Å²) in [7, 11) is 0. The zero-order valence-corrected chi connectivity index (χ0v) is 7.71. The summed E-state index contributed by atoms with van der Waals surface area (Å²) < 4.78 is 0. The van der Waals surface area contributed by atoms with Crippen molar-refractivity contribution < 1.29 is 0 Å². The zero-order chi connectivity index (χ0) is 9.40. The Balaban J connectivity index is 0.000000261. The van der Waals surface area contributed by atoms with E-state index in [9.17, 15) is 0 Å². The lowest BCUT2D eigenvalue weighted by atomic mass is 9.93. The number of hydrogen-bond acceptors (Lipinski definition) is 4. The second kappa shape index (κ2) is 7.49. The SMILES string of the molecule is NCCN.N[C@H]1CC[C@H](N)CC1. The Morgan fingerprint density at radius 3 is 1.17 bits per heavy atom. The number of hydrogen-bond donors (Lipinski definition) is 4. The van der Waals surface area contributed by atoms with Gasteiger partial charge in [-0.2, -0.15) is 0 Å². The molecule has 8 N–H and O–H groups in total. The Morgan fingerprint density at radius 1 is 0.750 bits per heavy atom. The summed E-state index contributed by atoms with van der Waals surface area (Å²) in [6, 6.07) is 0.879. The largest absolute Gasteiger partial charge is 0.329 e. The van der Waals surface area contributed by atoms with E-state index in [2.05, 4.69) is 0 Å². The third-order valence-electron chi connectivity index (χ3n) is 1.98. The van der Waals surface area contributed by atoms with Crippen molar-refractivity contribution in [3.05, 3.63) is 0 Å². The average molecular weight is 174 g/mol. The van der Waals surface area contributed by atoms with Crippen molar-refractivity contribution in [2.75, 3.05) is 13.1 Å². The van der Waals surface area contributed by atoms with Crippen molar-refractivity contribution in [1.82, 2.24) is 0 Å². The minimum absolute atomic E-state index is 0.440. The van der Waals surface area contributed by atoms with Gasteiger partial charge in [0.25, 0.3) is 0 Å². The Hall–Kier alpha value is -0.160. The molecule has 4 nitrogen and oxygen atoms in total. The molecular weight excluding hydrogens is 152 g/mol. The lowest BCUT2D eigenvalue weighted by Gasteiger charge is -2.22. The molecule has 0 aromatic heterocycles. The molecule has 1 aliphatic carbocycles. The molecule has 0 aliphatic heterocycles. The monoisotopic (exact) mass is 174 g/mol. The first-order chi connectivity index (χ1) is 5.70. The van der Waals surface area contributed by atoms with Crippen LogP contribution < -0.4 is 22.9 Å². The minimum atomic E-state index is 0.440. The molecule has 0 aromatic carbocycles. The first-order valence-corrected chi connectivity index (χ1v) is 4.62. The van der Waals surface area contributed by atoms with Crippen LogP contribution in [-0.4, -0.2) is 25.2 Å². The van der Waals surface area contributed by atoms with Crippen molar-refractivity contribution in [2.24, 2.45) is 22.9 Å². The summed E-state index contributed by atoms with van der Waals surface area (Å²) in [6.45, 7) is 1.19. The molecule has 1 rings (SSSR count). The molecule has 1 aliphatic rings. The van der Waals surface area contributed by atoms with Gasteiger partial charge in [-0.05, 0) is 25.7 Å². The predicted octanol–water partition coefficient (Wildman–Crippen LogP) is -0.881. The van der Waals surface area contributed by atoms with E-state index in [4.69, 9.17) is 22.9 Å².